The van der Waals surface area contributed by atoms with Gasteiger partial charge in [0, 0.05) is 13.0 Å². The molecule has 0 aromatic heterocycles. The number of rotatable bonds is 5. The third kappa shape index (κ3) is 3.62. The Bertz CT molecular complexity index is 298. The number of amides is 1. The number of benzene rings is 1. The molecule has 0 aliphatic rings. The molecule has 3 heteroatoms. The first kappa shape index (κ1) is 11.6. The standard InChI is InChI=1S/C12H18N2O/c1-3-10-14(13-12(15)4-2)11-8-6-5-7-9-11/h5-9H,3-4,10H2,1-2H3,(H,13,15). The second kappa shape index (κ2) is 6.06. The zero-order chi connectivity index (χ0) is 11.1. The number of hydrogen-bond donors (Lipinski definition) is 1. The molecule has 0 heterocycles. The van der Waals surface area contributed by atoms with Crippen LogP contribution in [-0.4, -0.2) is 12.5 Å². The van der Waals surface area contributed by atoms with E-state index in [0.29, 0.717) is 6.42 Å². The van der Waals surface area contributed by atoms with Crippen LogP contribution in [0.3, 0.4) is 0 Å². The van der Waals surface area contributed by atoms with E-state index in [4.69, 9.17) is 0 Å². The van der Waals surface area contributed by atoms with Crippen molar-refractivity contribution in [1.29, 1.82) is 0 Å². The highest BCUT2D eigenvalue weighted by Gasteiger charge is 2.06. The molecule has 0 unspecified atom stereocenters. The van der Waals surface area contributed by atoms with Crippen LogP contribution in [0.4, 0.5) is 5.69 Å². The molecule has 0 saturated carbocycles. The van der Waals surface area contributed by atoms with Gasteiger partial charge < -0.3 is 0 Å². The van der Waals surface area contributed by atoms with Gasteiger partial charge in [-0.2, -0.15) is 0 Å². The summed E-state index contributed by atoms with van der Waals surface area (Å²) in [6, 6.07) is 9.89. The minimum Gasteiger partial charge on any atom is -0.286 e. The number of anilines is 1. The van der Waals surface area contributed by atoms with Crippen molar-refractivity contribution in [3.05, 3.63) is 30.3 Å². The van der Waals surface area contributed by atoms with Crippen LogP contribution < -0.4 is 10.4 Å². The Morgan fingerprint density at radius 3 is 2.47 bits per heavy atom. The normalized spacial score (nSPS) is 9.73. The summed E-state index contributed by atoms with van der Waals surface area (Å²) >= 11 is 0. The monoisotopic (exact) mass is 206 g/mol. The lowest BCUT2D eigenvalue weighted by atomic mass is 10.3. The molecule has 1 N–H and O–H groups in total. The molecule has 0 spiro atoms. The lowest BCUT2D eigenvalue weighted by Gasteiger charge is -2.24. The van der Waals surface area contributed by atoms with Gasteiger partial charge in [0.15, 0.2) is 0 Å². The van der Waals surface area contributed by atoms with E-state index in [1.165, 1.54) is 0 Å². The van der Waals surface area contributed by atoms with Crippen molar-refractivity contribution < 1.29 is 4.79 Å². The zero-order valence-corrected chi connectivity index (χ0v) is 9.36. The third-order valence-corrected chi connectivity index (χ3v) is 2.10. The Hall–Kier alpha value is -1.51. The van der Waals surface area contributed by atoms with Crippen molar-refractivity contribution in [2.24, 2.45) is 0 Å². The first-order chi connectivity index (χ1) is 7.27. The largest absolute Gasteiger partial charge is 0.286 e. The zero-order valence-electron chi connectivity index (χ0n) is 9.36. The van der Waals surface area contributed by atoms with E-state index < -0.39 is 0 Å². The molecule has 0 bridgehead atoms. The van der Waals surface area contributed by atoms with Gasteiger partial charge in [-0.1, -0.05) is 32.0 Å². The first-order valence-corrected chi connectivity index (χ1v) is 5.40. The van der Waals surface area contributed by atoms with Gasteiger partial charge in [0.05, 0.1) is 5.69 Å². The summed E-state index contributed by atoms with van der Waals surface area (Å²) in [6.07, 6.45) is 1.51. The number of hydrazine groups is 1. The molecular formula is C12H18N2O. The Labute approximate surface area is 91.1 Å². The molecule has 15 heavy (non-hydrogen) atoms. The van der Waals surface area contributed by atoms with Crippen LogP contribution in [0.5, 0.6) is 0 Å². The molecule has 1 amide bonds. The predicted octanol–water partition coefficient (Wildman–Crippen LogP) is 2.34. The van der Waals surface area contributed by atoms with Crippen molar-refractivity contribution in [3.8, 4) is 0 Å². The van der Waals surface area contributed by atoms with E-state index in [9.17, 15) is 4.79 Å². The number of carbonyl (C=O) groups excluding carboxylic acids is 1. The summed E-state index contributed by atoms with van der Waals surface area (Å²) in [7, 11) is 0. The van der Waals surface area contributed by atoms with E-state index >= 15 is 0 Å². The molecule has 0 saturated heterocycles. The number of nitrogens with one attached hydrogen (secondary N) is 1. The average molecular weight is 206 g/mol. The van der Waals surface area contributed by atoms with E-state index in [1.54, 1.807) is 0 Å². The van der Waals surface area contributed by atoms with Crippen molar-refractivity contribution in [2.75, 3.05) is 11.6 Å². The van der Waals surface area contributed by atoms with Crippen molar-refractivity contribution in [2.45, 2.75) is 26.7 Å². The van der Waals surface area contributed by atoms with Gasteiger partial charge in [-0.05, 0) is 18.6 Å². The topological polar surface area (TPSA) is 32.3 Å². The second-order valence-corrected chi connectivity index (χ2v) is 3.38. The molecule has 0 fully saturated rings. The maximum atomic E-state index is 11.3. The highest BCUT2D eigenvalue weighted by molar-refractivity contribution is 5.77. The highest BCUT2D eigenvalue weighted by Crippen LogP contribution is 2.11. The van der Waals surface area contributed by atoms with Crippen LogP contribution in [-0.2, 0) is 4.79 Å². The molecule has 0 radical (unpaired) electrons. The van der Waals surface area contributed by atoms with E-state index in [2.05, 4.69) is 12.3 Å². The van der Waals surface area contributed by atoms with E-state index in [1.807, 2.05) is 42.3 Å². The fourth-order valence-corrected chi connectivity index (χ4v) is 1.31. The number of hydrogen-bond acceptors (Lipinski definition) is 2. The van der Waals surface area contributed by atoms with Crippen LogP contribution in [0.1, 0.15) is 26.7 Å². The maximum absolute atomic E-state index is 11.3. The van der Waals surface area contributed by atoms with Crippen molar-refractivity contribution in [1.82, 2.24) is 5.43 Å². The van der Waals surface area contributed by atoms with Crippen molar-refractivity contribution in [3.63, 3.8) is 0 Å². The Morgan fingerprint density at radius 2 is 1.93 bits per heavy atom. The van der Waals surface area contributed by atoms with Crippen LogP contribution in [0, 0.1) is 0 Å². The molecule has 82 valence electrons. The fourth-order valence-electron chi connectivity index (χ4n) is 1.31. The van der Waals surface area contributed by atoms with Crippen LogP contribution >= 0.6 is 0 Å². The molecule has 0 aliphatic carbocycles. The van der Waals surface area contributed by atoms with Gasteiger partial charge in [0.25, 0.3) is 0 Å². The van der Waals surface area contributed by atoms with Gasteiger partial charge in [0.2, 0.25) is 5.91 Å². The summed E-state index contributed by atoms with van der Waals surface area (Å²) in [5.41, 5.74) is 3.91. The van der Waals surface area contributed by atoms with Crippen LogP contribution in [0.15, 0.2) is 30.3 Å². The first-order valence-electron chi connectivity index (χ1n) is 5.40. The quantitative estimate of drug-likeness (QED) is 0.750. The van der Waals surface area contributed by atoms with Gasteiger partial charge >= 0.3 is 0 Å². The van der Waals surface area contributed by atoms with Gasteiger partial charge in [-0.25, -0.2) is 0 Å². The molecule has 1 aromatic rings. The number of carbonyl (C=O) groups is 1. The van der Waals surface area contributed by atoms with Gasteiger partial charge in [0.1, 0.15) is 0 Å². The summed E-state index contributed by atoms with van der Waals surface area (Å²) in [5, 5.41) is 1.89. The van der Waals surface area contributed by atoms with Crippen LogP contribution in [0.25, 0.3) is 0 Å². The summed E-state index contributed by atoms with van der Waals surface area (Å²) in [5.74, 6) is 0.0484. The van der Waals surface area contributed by atoms with Crippen LogP contribution in [0.2, 0.25) is 0 Å². The predicted molar refractivity (Wildman–Crippen MR) is 62.5 cm³/mol. The summed E-state index contributed by atoms with van der Waals surface area (Å²) in [4.78, 5) is 11.3. The molecule has 1 rings (SSSR count). The molecular weight excluding hydrogens is 188 g/mol. The lowest BCUT2D eigenvalue weighted by Crippen LogP contribution is -2.42. The Kier molecular flexibility index (Phi) is 4.68. The SMILES string of the molecule is CCCN(NC(=O)CC)c1ccccc1. The van der Waals surface area contributed by atoms with E-state index in [0.717, 1.165) is 18.7 Å². The molecule has 1 aromatic carbocycles. The summed E-state index contributed by atoms with van der Waals surface area (Å²) < 4.78 is 0. The lowest BCUT2D eigenvalue weighted by molar-refractivity contribution is -0.120. The number of nitrogens with zero attached hydrogens (tertiary/aromatic N) is 1. The average Bonchev–Trinajstić information content (AvgIpc) is 2.29. The minimum atomic E-state index is 0.0484. The number of para-hydroxylation sites is 1. The van der Waals surface area contributed by atoms with Crippen molar-refractivity contribution >= 4 is 11.6 Å². The highest BCUT2D eigenvalue weighted by atomic mass is 16.2. The summed E-state index contributed by atoms with van der Waals surface area (Å²) in [6.45, 7) is 4.77. The molecule has 0 atom stereocenters. The maximum Gasteiger partial charge on any atom is 0.238 e. The molecule has 3 nitrogen and oxygen atoms in total. The van der Waals surface area contributed by atoms with Gasteiger partial charge in [-0.15, -0.1) is 0 Å². The fraction of sp³-hybridized carbons (Fsp3) is 0.417. The molecule has 0 aliphatic heterocycles. The van der Waals surface area contributed by atoms with Gasteiger partial charge in [-0.3, -0.25) is 15.2 Å². The Morgan fingerprint density at radius 1 is 1.27 bits per heavy atom. The van der Waals surface area contributed by atoms with E-state index in [-0.39, 0.29) is 5.91 Å². The second-order valence-electron chi connectivity index (χ2n) is 3.38. The smallest absolute Gasteiger partial charge is 0.238 e. The minimum absolute atomic E-state index is 0.0484. The third-order valence-electron chi connectivity index (χ3n) is 2.10. The Balaban J connectivity index is 2.70.